The Balaban J connectivity index is 2.31. The van der Waals surface area contributed by atoms with Gasteiger partial charge < -0.3 is 15.4 Å². The van der Waals surface area contributed by atoms with Crippen molar-refractivity contribution in [3.8, 4) is 0 Å². The first-order valence-corrected chi connectivity index (χ1v) is 7.93. The number of hydrogen-bond acceptors (Lipinski definition) is 6. The number of anilines is 1. The molecule has 6 heteroatoms. The smallest absolute Gasteiger partial charge is 0.354 e. The highest BCUT2D eigenvalue weighted by molar-refractivity contribution is 6.08. The molecule has 0 aliphatic carbocycles. The van der Waals surface area contributed by atoms with Crippen molar-refractivity contribution >= 4 is 17.5 Å². The third-order valence-electron chi connectivity index (χ3n) is 3.71. The number of aryl methyl sites for hydroxylation is 1. The van der Waals surface area contributed by atoms with Crippen LogP contribution < -0.4 is 10.6 Å². The molecule has 0 atom stereocenters. The lowest BCUT2D eigenvalue weighted by atomic mass is 9.99. The van der Waals surface area contributed by atoms with E-state index >= 15 is 0 Å². The second-order valence-corrected chi connectivity index (χ2v) is 5.40. The molecule has 0 saturated carbocycles. The van der Waals surface area contributed by atoms with Crippen LogP contribution in [0.25, 0.3) is 0 Å². The van der Waals surface area contributed by atoms with Crippen molar-refractivity contribution in [3.05, 3.63) is 35.2 Å². The normalized spacial score (nSPS) is 18.9. The van der Waals surface area contributed by atoms with Crippen LogP contribution in [0.1, 0.15) is 25.8 Å². The molecule has 0 amide bonds. The SMILES string of the molecule is CCN=C1CCN(c2ccc(C)cn2)C/C1=C(/N)C(=O)OCC. The van der Waals surface area contributed by atoms with Gasteiger partial charge in [-0.25, -0.2) is 9.78 Å². The van der Waals surface area contributed by atoms with Crippen molar-refractivity contribution < 1.29 is 9.53 Å². The maximum Gasteiger partial charge on any atom is 0.354 e. The second kappa shape index (κ2) is 7.76. The fourth-order valence-electron chi connectivity index (χ4n) is 2.53. The number of rotatable bonds is 4. The molecular formula is C17H24N4O2. The number of carbonyl (C=O) groups excluding carboxylic acids is 1. The summed E-state index contributed by atoms with van der Waals surface area (Å²) in [5.74, 6) is 0.394. The number of hydrogen-bond donors (Lipinski definition) is 1. The molecule has 1 aliphatic rings. The lowest BCUT2D eigenvalue weighted by Gasteiger charge is -2.31. The van der Waals surface area contributed by atoms with Gasteiger partial charge in [0.2, 0.25) is 0 Å². The molecule has 2 rings (SSSR count). The minimum Gasteiger partial charge on any atom is -0.461 e. The van der Waals surface area contributed by atoms with E-state index in [1.165, 1.54) is 0 Å². The van der Waals surface area contributed by atoms with Crippen molar-refractivity contribution in [1.29, 1.82) is 0 Å². The van der Waals surface area contributed by atoms with Crippen molar-refractivity contribution in [2.75, 3.05) is 31.1 Å². The zero-order valence-corrected chi connectivity index (χ0v) is 14.0. The molecule has 0 spiro atoms. The van der Waals surface area contributed by atoms with Gasteiger partial charge in [0, 0.05) is 43.5 Å². The van der Waals surface area contributed by atoms with Crippen LogP contribution >= 0.6 is 0 Å². The van der Waals surface area contributed by atoms with Crippen molar-refractivity contribution in [1.82, 2.24) is 4.98 Å². The number of carbonyl (C=O) groups is 1. The summed E-state index contributed by atoms with van der Waals surface area (Å²) in [6, 6.07) is 4.01. The van der Waals surface area contributed by atoms with E-state index in [0.717, 1.165) is 35.6 Å². The lowest BCUT2D eigenvalue weighted by Crippen LogP contribution is -2.39. The van der Waals surface area contributed by atoms with Gasteiger partial charge in [0.1, 0.15) is 11.5 Å². The zero-order valence-electron chi connectivity index (χ0n) is 14.0. The fraction of sp³-hybridized carbons (Fsp3) is 0.471. The van der Waals surface area contributed by atoms with Gasteiger partial charge in [-0.15, -0.1) is 0 Å². The first-order chi connectivity index (χ1) is 11.1. The van der Waals surface area contributed by atoms with Gasteiger partial charge in [0.15, 0.2) is 0 Å². The number of esters is 1. The van der Waals surface area contributed by atoms with Crippen LogP contribution in [0.5, 0.6) is 0 Å². The minimum atomic E-state index is -0.481. The summed E-state index contributed by atoms with van der Waals surface area (Å²) in [7, 11) is 0. The van der Waals surface area contributed by atoms with Gasteiger partial charge in [-0.1, -0.05) is 6.07 Å². The summed E-state index contributed by atoms with van der Waals surface area (Å²) in [6.07, 6.45) is 2.57. The summed E-state index contributed by atoms with van der Waals surface area (Å²) in [4.78, 5) is 23.0. The minimum absolute atomic E-state index is 0.149. The molecule has 23 heavy (non-hydrogen) atoms. The molecule has 1 saturated heterocycles. The first-order valence-electron chi connectivity index (χ1n) is 7.93. The van der Waals surface area contributed by atoms with Crippen LogP contribution in [0.4, 0.5) is 5.82 Å². The number of piperidine rings is 1. The van der Waals surface area contributed by atoms with E-state index in [0.29, 0.717) is 19.7 Å². The van der Waals surface area contributed by atoms with Gasteiger partial charge in [0.05, 0.1) is 6.61 Å². The Bertz CT molecular complexity index is 620. The molecule has 1 aliphatic heterocycles. The molecule has 0 radical (unpaired) electrons. The summed E-state index contributed by atoms with van der Waals surface area (Å²) in [6.45, 7) is 8.02. The van der Waals surface area contributed by atoms with Gasteiger partial charge in [0.25, 0.3) is 0 Å². The van der Waals surface area contributed by atoms with E-state index in [1.54, 1.807) is 6.92 Å². The largest absolute Gasteiger partial charge is 0.461 e. The van der Waals surface area contributed by atoms with Gasteiger partial charge in [-0.2, -0.15) is 0 Å². The fourth-order valence-corrected chi connectivity index (χ4v) is 2.53. The van der Waals surface area contributed by atoms with E-state index < -0.39 is 5.97 Å². The molecule has 1 aromatic rings. The third kappa shape index (κ3) is 4.09. The topological polar surface area (TPSA) is 80.8 Å². The summed E-state index contributed by atoms with van der Waals surface area (Å²) in [5, 5.41) is 0. The van der Waals surface area contributed by atoms with E-state index in [2.05, 4.69) is 14.9 Å². The molecule has 1 fully saturated rings. The number of nitrogens with zero attached hydrogens (tertiary/aromatic N) is 3. The number of ether oxygens (including phenoxy) is 1. The van der Waals surface area contributed by atoms with E-state index in [4.69, 9.17) is 10.5 Å². The van der Waals surface area contributed by atoms with Crippen LogP contribution in [0.3, 0.4) is 0 Å². The van der Waals surface area contributed by atoms with Crippen molar-refractivity contribution in [3.63, 3.8) is 0 Å². The van der Waals surface area contributed by atoms with Crippen molar-refractivity contribution in [2.24, 2.45) is 10.7 Å². The molecule has 1 aromatic heterocycles. The Morgan fingerprint density at radius 2 is 2.22 bits per heavy atom. The molecule has 0 unspecified atom stereocenters. The summed E-state index contributed by atoms with van der Waals surface area (Å²) < 4.78 is 5.03. The number of pyridine rings is 1. The highest BCUT2D eigenvalue weighted by Crippen LogP contribution is 2.21. The molecule has 124 valence electrons. The van der Waals surface area contributed by atoms with Crippen LogP contribution in [-0.2, 0) is 9.53 Å². The molecule has 2 N–H and O–H groups in total. The Morgan fingerprint density at radius 3 is 2.83 bits per heavy atom. The second-order valence-electron chi connectivity index (χ2n) is 5.40. The standard InChI is InChI=1S/C17H24N4O2/c1-4-19-14-8-9-21(15-7-6-12(3)10-20-15)11-13(14)16(18)17(22)23-5-2/h6-7,10H,4-5,8-9,11,18H2,1-3H3/b16-13-,19-14?. The highest BCUT2D eigenvalue weighted by atomic mass is 16.5. The third-order valence-corrected chi connectivity index (χ3v) is 3.71. The Morgan fingerprint density at radius 1 is 1.43 bits per heavy atom. The van der Waals surface area contributed by atoms with Crippen molar-refractivity contribution in [2.45, 2.75) is 27.2 Å². The Kier molecular flexibility index (Phi) is 5.73. The summed E-state index contributed by atoms with van der Waals surface area (Å²) >= 11 is 0. The quantitative estimate of drug-likeness (QED) is 0.677. The summed E-state index contributed by atoms with van der Waals surface area (Å²) in [5.41, 5.74) is 8.94. The molecule has 2 heterocycles. The van der Waals surface area contributed by atoms with E-state index in [9.17, 15) is 4.79 Å². The molecule has 6 nitrogen and oxygen atoms in total. The molecule has 0 bridgehead atoms. The Hall–Kier alpha value is -2.37. The van der Waals surface area contributed by atoms with Crippen LogP contribution in [-0.4, -0.2) is 42.9 Å². The Labute approximate surface area is 137 Å². The van der Waals surface area contributed by atoms with Gasteiger partial charge in [-0.3, -0.25) is 4.99 Å². The highest BCUT2D eigenvalue weighted by Gasteiger charge is 2.25. The van der Waals surface area contributed by atoms with E-state index in [1.807, 2.05) is 32.2 Å². The average Bonchev–Trinajstić information content (AvgIpc) is 2.56. The zero-order chi connectivity index (χ0) is 16.8. The predicted octanol–water partition coefficient (Wildman–Crippen LogP) is 1.84. The monoisotopic (exact) mass is 316 g/mol. The maximum absolute atomic E-state index is 12.0. The first kappa shape index (κ1) is 17.0. The lowest BCUT2D eigenvalue weighted by molar-refractivity contribution is -0.138. The van der Waals surface area contributed by atoms with Gasteiger partial charge >= 0.3 is 5.97 Å². The predicted molar refractivity (Wildman–Crippen MR) is 91.6 cm³/mol. The maximum atomic E-state index is 12.0. The molecule has 0 aromatic carbocycles. The van der Waals surface area contributed by atoms with Crippen LogP contribution in [0.2, 0.25) is 0 Å². The molecular weight excluding hydrogens is 292 g/mol. The average molecular weight is 316 g/mol. The number of aliphatic imine (C=N–C) groups is 1. The number of aromatic nitrogens is 1. The number of nitrogens with two attached hydrogens (primary N) is 1. The van der Waals surface area contributed by atoms with E-state index in [-0.39, 0.29) is 5.70 Å². The van der Waals surface area contributed by atoms with Crippen LogP contribution in [0.15, 0.2) is 34.6 Å². The van der Waals surface area contributed by atoms with Crippen LogP contribution in [0, 0.1) is 6.92 Å². The van der Waals surface area contributed by atoms with Gasteiger partial charge in [-0.05, 0) is 32.4 Å².